The minimum atomic E-state index is -0.186. The van der Waals surface area contributed by atoms with Gasteiger partial charge in [0.2, 0.25) is 0 Å². The standard InChI is InChI=1S/C18H21NO2.ClH/c1-18(2,3)14-9-13(11-19)17(21)15(10-14)16(20)12-7-5-4-6-8-12;/h4-10,21H,11,19H2,1-3H3;1H. The number of aromatic hydroxyl groups is 1. The van der Waals surface area contributed by atoms with Crippen molar-refractivity contribution in [3.8, 4) is 5.75 Å². The number of phenolic OH excluding ortho intramolecular Hbond substituents is 1. The van der Waals surface area contributed by atoms with Gasteiger partial charge in [0.05, 0.1) is 5.56 Å². The molecule has 0 radical (unpaired) electrons. The molecule has 22 heavy (non-hydrogen) atoms. The van der Waals surface area contributed by atoms with Crippen LogP contribution in [0.4, 0.5) is 0 Å². The molecule has 0 unspecified atom stereocenters. The molecule has 0 fully saturated rings. The van der Waals surface area contributed by atoms with Gasteiger partial charge in [-0.2, -0.15) is 0 Å². The minimum Gasteiger partial charge on any atom is -0.507 e. The van der Waals surface area contributed by atoms with E-state index in [1.165, 1.54) is 0 Å². The normalized spacial score (nSPS) is 10.9. The van der Waals surface area contributed by atoms with Crippen LogP contribution in [0.25, 0.3) is 0 Å². The Kier molecular flexibility index (Phi) is 5.75. The average Bonchev–Trinajstić information content (AvgIpc) is 2.46. The van der Waals surface area contributed by atoms with E-state index in [9.17, 15) is 9.90 Å². The molecule has 0 aliphatic heterocycles. The van der Waals surface area contributed by atoms with E-state index >= 15 is 0 Å². The van der Waals surface area contributed by atoms with Crippen LogP contribution in [0.15, 0.2) is 42.5 Å². The highest BCUT2D eigenvalue weighted by atomic mass is 35.5. The molecule has 3 N–H and O–H groups in total. The lowest BCUT2D eigenvalue weighted by atomic mass is 9.83. The Bertz CT molecular complexity index is 661. The summed E-state index contributed by atoms with van der Waals surface area (Å²) >= 11 is 0. The fourth-order valence-electron chi connectivity index (χ4n) is 2.20. The van der Waals surface area contributed by atoms with Gasteiger partial charge in [0, 0.05) is 17.7 Å². The van der Waals surface area contributed by atoms with Crippen molar-refractivity contribution >= 4 is 18.2 Å². The molecule has 2 aromatic carbocycles. The number of carbonyl (C=O) groups excluding carboxylic acids is 1. The molecular weight excluding hydrogens is 298 g/mol. The number of nitrogens with two attached hydrogens (primary N) is 1. The third-order valence-electron chi connectivity index (χ3n) is 3.56. The first-order valence-corrected chi connectivity index (χ1v) is 7.00. The SMILES string of the molecule is CC(C)(C)c1cc(CN)c(O)c(C(=O)c2ccccc2)c1.Cl. The van der Waals surface area contributed by atoms with Crippen molar-refractivity contribution in [2.45, 2.75) is 32.7 Å². The molecule has 118 valence electrons. The van der Waals surface area contributed by atoms with Crippen molar-refractivity contribution in [2.24, 2.45) is 5.73 Å². The molecule has 0 spiro atoms. The number of carbonyl (C=O) groups is 1. The van der Waals surface area contributed by atoms with Crippen LogP contribution >= 0.6 is 12.4 Å². The van der Waals surface area contributed by atoms with Crippen LogP contribution in [-0.2, 0) is 12.0 Å². The maximum atomic E-state index is 12.6. The molecule has 0 bridgehead atoms. The van der Waals surface area contributed by atoms with Crippen LogP contribution in [0, 0.1) is 0 Å². The number of phenols is 1. The van der Waals surface area contributed by atoms with E-state index in [-0.39, 0.29) is 35.9 Å². The summed E-state index contributed by atoms with van der Waals surface area (Å²) in [7, 11) is 0. The maximum absolute atomic E-state index is 12.6. The summed E-state index contributed by atoms with van der Waals surface area (Å²) < 4.78 is 0. The van der Waals surface area contributed by atoms with Crippen LogP contribution < -0.4 is 5.73 Å². The number of hydrogen-bond donors (Lipinski definition) is 2. The fraction of sp³-hybridized carbons (Fsp3) is 0.278. The Morgan fingerprint density at radius 3 is 2.23 bits per heavy atom. The summed E-state index contributed by atoms with van der Waals surface area (Å²) in [4.78, 5) is 12.6. The van der Waals surface area contributed by atoms with Crippen molar-refractivity contribution in [3.05, 3.63) is 64.7 Å². The molecule has 0 heterocycles. The van der Waals surface area contributed by atoms with Crippen molar-refractivity contribution in [1.29, 1.82) is 0 Å². The number of ketones is 1. The third-order valence-corrected chi connectivity index (χ3v) is 3.56. The molecule has 4 heteroatoms. The van der Waals surface area contributed by atoms with E-state index in [4.69, 9.17) is 5.73 Å². The largest absolute Gasteiger partial charge is 0.507 e. The molecule has 2 aromatic rings. The maximum Gasteiger partial charge on any atom is 0.196 e. The van der Waals surface area contributed by atoms with E-state index in [1.54, 1.807) is 18.2 Å². The summed E-state index contributed by atoms with van der Waals surface area (Å²) in [6, 6.07) is 12.6. The summed E-state index contributed by atoms with van der Waals surface area (Å²) in [5.74, 6) is -0.201. The molecule has 0 saturated carbocycles. The summed E-state index contributed by atoms with van der Waals surface area (Å²) in [5, 5.41) is 10.3. The molecule has 0 aromatic heterocycles. The van der Waals surface area contributed by atoms with Gasteiger partial charge in [-0.25, -0.2) is 0 Å². The Morgan fingerprint density at radius 2 is 1.73 bits per heavy atom. The molecule has 0 amide bonds. The van der Waals surface area contributed by atoms with Gasteiger partial charge in [0.25, 0.3) is 0 Å². The summed E-state index contributed by atoms with van der Waals surface area (Å²) in [5.41, 5.74) is 8.03. The van der Waals surface area contributed by atoms with Gasteiger partial charge in [0.1, 0.15) is 5.75 Å². The Labute approximate surface area is 137 Å². The number of benzene rings is 2. The molecule has 0 saturated heterocycles. The van der Waals surface area contributed by atoms with E-state index < -0.39 is 0 Å². The predicted molar refractivity (Wildman–Crippen MR) is 91.8 cm³/mol. The third kappa shape index (κ3) is 3.67. The zero-order chi connectivity index (χ0) is 15.6. The lowest BCUT2D eigenvalue weighted by Gasteiger charge is -2.22. The van der Waals surface area contributed by atoms with Gasteiger partial charge >= 0.3 is 0 Å². The monoisotopic (exact) mass is 319 g/mol. The van der Waals surface area contributed by atoms with Crippen molar-refractivity contribution in [3.63, 3.8) is 0 Å². The molecule has 3 nitrogen and oxygen atoms in total. The zero-order valence-electron chi connectivity index (χ0n) is 13.1. The first kappa shape index (κ1) is 18.2. The molecule has 2 rings (SSSR count). The predicted octanol–water partition coefficient (Wildman–Crippen LogP) is 3.80. The molecule has 0 aliphatic carbocycles. The second-order valence-corrected chi connectivity index (χ2v) is 6.18. The second-order valence-electron chi connectivity index (χ2n) is 6.18. The molecule has 0 aliphatic rings. The van der Waals surface area contributed by atoms with E-state index in [2.05, 4.69) is 20.8 Å². The van der Waals surface area contributed by atoms with Gasteiger partial charge in [-0.3, -0.25) is 4.79 Å². The number of hydrogen-bond acceptors (Lipinski definition) is 3. The van der Waals surface area contributed by atoms with E-state index in [0.717, 1.165) is 5.56 Å². The van der Waals surface area contributed by atoms with Crippen LogP contribution in [0.3, 0.4) is 0 Å². The van der Waals surface area contributed by atoms with Crippen molar-refractivity contribution < 1.29 is 9.90 Å². The highest BCUT2D eigenvalue weighted by molar-refractivity contribution is 6.11. The number of rotatable bonds is 3. The van der Waals surface area contributed by atoms with Crippen LogP contribution in [0.2, 0.25) is 0 Å². The molecule has 0 atom stereocenters. The van der Waals surface area contributed by atoms with Crippen LogP contribution in [0.5, 0.6) is 5.75 Å². The quantitative estimate of drug-likeness (QED) is 0.846. The first-order chi connectivity index (χ1) is 9.84. The Hall–Kier alpha value is -1.84. The summed E-state index contributed by atoms with van der Waals surface area (Å²) in [6.07, 6.45) is 0. The van der Waals surface area contributed by atoms with Gasteiger partial charge in [-0.05, 0) is 17.0 Å². The zero-order valence-corrected chi connectivity index (χ0v) is 13.9. The Morgan fingerprint density at radius 1 is 1.14 bits per heavy atom. The Balaban J connectivity index is 0.00000242. The lowest BCUT2D eigenvalue weighted by Crippen LogP contribution is -2.15. The topological polar surface area (TPSA) is 63.3 Å². The van der Waals surface area contributed by atoms with Gasteiger partial charge < -0.3 is 10.8 Å². The van der Waals surface area contributed by atoms with Crippen LogP contribution in [-0.4, -0.2) is 10.9 Å². The average molecular weight is 320 g/mol. The lowest BCUT2D eigenvalue weighted by molar-refractivity contribution is 0.103. The minimum absolute atomic E-state index is 0. The van der Waals surface area contributed by atoms with E-state index in [1.807, 2.05) is 24.3 Å². The highest BCUT2D eigenvalue weighted by Gasteiger charge is 2.22. The highest BCUT2D eigenvalue weighted by Crippen LogP contribution is 2.32. The van der Waals surface area contributed by atoms with Crippen LogP contribution in [0.1, 0.15) is 47.8 Å². The van der Waals surface area contributed by atoms with Crippen molar-refractivity contribution in [1.82, 2.24) is 0 Å². The van der Waals surface area contributed by atoms with Gasteiger partial charge in [0.15, 0.2) is 5.78 Å². The first-order valence-electron chi connectivity index (χ1n) is 7.00. The van der Waals surface area contributed by atoms with E-state index in [0.29, 0.717) is 16.7 Å². The second kappa shape index (κ2) is 6.95. The van der Waals surface area contributed by atoms with Gasteiger partial charge in [-0.1, -0.05) is 57.2 Å². The fourth-order valence-corrected chi connectivity index (χ4v) is 2.20. The van der Waals surface area contributed by atoms with Crippen molar-refractivity contribution in [2.75, 3.05) is 0 Å². The van der Waals surface area contributed by atoms with Gasteiger partial charge in [-0.15, -0.1) is 12.4 Å². The smallest absolute Gasteiger partial charge is 0.196 e. The molecular formula is C18H22ClNO2. The summed E-state index contributed by atoms with van der Waals surface area (Å²) in [6.45, 7) is 6.40. The number of halogens is 1.